The summed E-state index contributed by atoms with van der Waals surface area (Å²) in [7, 11) is 1.63. The Kier molecular flexibility index (Phi) is 13.0. The van der Waals surface area contributed by atoms with Gasteiger partial charge in [0, 0.05) is 31.8 Å². The van der Waals surface area contributed by atoms with Crippen molar-refractivity contribution in [3.05, 3.63) is 24.3 Å². The Balaban J connectivity index is 1.93. The molecule has 2 rings (SSSR count). The van der Waals surface area contributed by atoms with Crippen LogP contribution in [0.5, 0.6) is 5.75 Å². The molecule has 0 aliphatic carbocycles. The van der Waals surface area contributed by atoms with E-state index in [9.17, 15) is 0 Å². The molecule has 0 saturated heterocycles. The van der Waals surface area contributed by atoms with Gasteiger partial charge < -0.3 is 35.7 Å². The molecule has 0 spiro atoms. The van der Waals surface area contributed by atoms with E-state index >= 15 is 0 Å². The van der Waals surface area contributed by atoms with E-state index in [0.29, 0.717) is 57.2 Å². The number of hydrogen-bond acceptors (Lipinski definition) is 10. The zero-order valence-electron chi connectivity index (χ0n) is 18.9. The summed E-state index contributed by atoms with van der Waals surface area (Å²) >= 11 is 0. The van der Waals surface area contributed by atoms with Crippen LogP contribution in [0.25, 0.3) is 11.4 Å². The van der Waals surface area contributed by atoms with Gasteiger partial charge in [0.25, 0.3) is 0 Å². The van der Waals surface area contributed by atoms with E-state index < -0.39 is 0 Å². The number of anilines is 2. The SMILES string of the molecule is COc1ccc(-c2nc(NCCCCCCO)nc(NCCOCCOCCN)n2)cc1. The predicted molar refractivity (Wildman–Crippen MR) is 125 cm³/mol. The number of aliphatic hydroxyl groups is 1. The topological polar surface area (TPSA) is 137 Å². The predicted octanol–water partition coefficient (Wildman–Crippen LogP) is 1.92. The summed E-state index contributed by atoms with van der Waals surface area (Å²) in [5.74, 6) is 2.35. The third-order valence-electron chi connectivity index (χ3n) is 4.52. The van der Waals surface area contributed by atoms with Crippen molar-refractivity contribution in [2.45, 2.75) is 25.7 Å². The first-order valence-electron chi connectivity index (χ1n) is 11.1. The summed E-state index contributed by atoms with van der Waals surface area (Å²) < 4.78 is 16.0. The number of benzene rings is 1. The summed E-state index contributed by atoms with van der Waals surface area (Å²) in [6, 6.07) is 7.59. The van der Waals surface area contributed by atoms with Crippen LogP contribution in [0.3, 0.4) is 0 Å². The van der Waals surface area contributed by atoms with Crippen LogP contribution in [-0.2, 0) is 9.47 Å². The molecule has 0 aliphatic heterocycles. The van der Waals surface area contributed by atoms with Gasteiger partial charge in [-0.05, 0) is 37.1 Å². The van der Waals surface area contributed by atoms with Crippen LogP contribution in [0, 0.1) is 0 Å². The smallest absolute Gasteiger partial charge is 0.228 e. The molecule has 2 aromatic rings. The maximum atomic E-state index is 8.88. The molecule has 1 aromatic heterocycles. The maximum Gasteiger partial charge on any atom is 0.228 e. The second kappa shape index (κ2) is 16.2. The fourth-order valence-corrected chi connectivity index (χ4v) is 2.83. The first-order chi connectivity index (χ1) is 15.8. The summed E-state index contributed by atoms with van der Waals surface area (Å²) in [5, 5.41) is 15.4. The number of nitrogens with zero attached hydrogens (tertiary/aromatic N) is 3. The standard InChI is InChI=1S/C22H36N6O4/c1-30-19-8-6-18(7-9-19)20-26-21(24-11-4-2-3-5-13-29)28-22(27-20)25-12-15-32-17-16-31-14-10-23/h6-9,29H,2-5,10-17,23H2,1H3,(H2,24,25,26,27,28). The molecule has 32 heavy (non-hydrogen) atoms. The highest BCUT2D eigenvalue weighted by Gasteiger charge is 2.09. The molecule has 0 amide bonds. The van der Waals surface area contributed by atoms with Crippen molar-refractivity contribution < 1.29 is 19.3 Å². The lowest BCUT2D eigenvalue weighted by molar-refractivity contribution is 0.0547. The summed E-state index contributed by atoms with van der Waals surface area (Å²) in [5.41, 5.74) is 6.25. The van der Waals surface area contributed by atoms with Gasteiger partial charge in [-0.2, -0.15) is 15.0 Å². The van der Waals surface area contributed by atoms with E-state index in [-0.39, 0.29) is 6.61 Å². The number of nitrogens with one attached hydrogen (secondary N) is 2. The minimum Gasteiger partial charge on any atom is -0.497 e. The van der Waals surface area contributed by atoms with Gasteiger partial charge in [0.05, 0.1) is 33.5 Å². The highest BCUT2D eigenvalue weighted by Crippen LogP contribution is 2.21. The lowest BCUT2D eigenvalue weighted by atomic mass is 10.2. The van der Waals surface area contributed by atoms with Crippen LogP contribution in [-0.4, -0.2) is 79.8 Å². The average Bonchev–Trinajstić information content (AvgIpc) is 2.83. The average molecular weight is 449 g/mol. The molecule has 0 radical (unpaired) electrons. The monoisotopic (exact) mass is 448 g/mol. The second-order valence-electron chi connectivity index (χ2n) is 7.04. The Bertz CT molecular complexity index is 748. The van der Waals surface area contributed by atoms with Crippen LogP contribution < -0.4 is 21.1 Å². The molecule has 10 nitrogen and oxygen atoms in total. The molecule has 0 aliphatic rings. The Morgan fingerprint density at radius 2 is 1.47 bits per heavy atom. The van der Waals surface area contributed by atoms with E-state index in [2.05, 4.69) is 25.6 Å². The first kappa shape index (κ1) is 25.7. The third kappa shape index (κ3) is 10.2. The molecule has 0 saturated carbocycles. The molecule has 178 valence electrons. The molecule has 1 aromatic carbocycles. The quantitative estimate of drug-likeness (QED) is 0.250. The van der Waals surface area contributed by atoms with E-state index in [0.717, 1.165) is 43.5 Å². The van der Waals surface area contributed by atoms with Gasteiger partial charge in [-0.25, -0.2) is 0 Å². The van der Waals surface area contributed by atoms with Crippen molar-refractivity contribution in [2.75, 3.05) is 70.4 Å². The van der Waals surface area contributed by atoms with Crippen LogP contribution in [0.4, 0.5) is 11.9 Å². The van der Waals surface area contributed by atoms with Gasteiger partial charge in [0.15, 0.2) is 5.82 Å². The molecule has 5 N–H and O–H groups in total. The Labute approximate surface area is 189 Å². The van der Waals surface area contributed by atoms with Gasteiger partial charge in [-0.3, -0.25) is 0 Å². The molecule has 0 bridgehead atoms. The molecule has 0 unspecified atom stereocenters. The minimum atomic E-state index is 0.242. The van der Waals surface area contributed by atoms with Crippen LogP contribution in [0.15, 0.2) is 24.3 Å². The fourth-order valence-electron chi connectivity index (χ4n) is 2.83. The zero-order chi connectivity index (χ0) is 22.9. The number of aliphatic hydroxyl groups excluding tert-OH is 1. The molecule has 10 heteroatoms. The van der Waals surface area contributed by atoms with Crippen molar-refractivity contribution >= 4 is 11.9 Å². The minimum absolute atomic E-state index is 0.242. The first-order valence-corrected chi connectivity index (χ1v) is 11.1. The Morgan fingerprint density at radius 1 is 0.812 bits per heavy atom. The normalized spacial score (nSPS) is 10.8. The zero-order valence-corrected chi connectivity index (χ0v) is 18.9. The number of methoxy groups -OCH3 is 1. The summed E-state index contributed by atoms with van der Waals surface area (Å²) in [6.07, 6.45) is 3.87. The number of hydrogen-bond donors (Lipinski definition) is 4. The van der Waals surface area contributed by atoms with Crippen molar-refractivity contribution in [3.63, 3.8) is 0 Å². The number of rotatable bonds is 18. The Hall–Kier alpha value is -2.53. The summed E-state index contributed by atoms with van der Waals surface area (Å²) in [6.45, 7) is 4.14. The number of aromatic nitrogens is 3. The van der Waals surface area contributed by atoms with Gasteiger partial charge in [-0.1, -0.05) is 12.8 Å². The van der Waals surface area contributed by atoms with Crippen molar-refractivity contribution in [1.29, 1.82) is 0 Å². The van der Waals surface area contributed by atoms with Crippen molar-refractivity contribution in [3.8, 4) is 17.1 Å². The molecule has 0 atom stereocenters. The lowest BCUT2D eigenvalue weighted by Crippen LogP contribution is -2.16. The van der Waals surface area contributed by atoms with Gasteiger partial charge in [-0.15, -0.1) is 0 Å². The second-order valence-corrected chi connectivity index (χ2v) is 7.04. The molecule has 1 heterocycles. The van der Waals surface area contributed by atoms with E-state index in [1.165, 1.54) is 0 Å². The van der Waals surface area contributed by atoms with Crippen molar-refractivity contribution in [1.82, 2.24) is 15.0 Å². The van der Waals surface area contributed by atoms with Crippen LogP contribution in [0.2, 0.25) is 0 Å². The largest absolute Gasteiger partial charge is 0.497 e. The van der Waals surface area contributed by atoms with Gasteiger partial charge in [0.2, 0.25) is 11.9 Å². The van der Waals surface area contributed by atoms with E-state index in [1.54, 1.807) is 7.11 Å². The molecule has 0 fully saturated rings. The number of ether oxygens (including phenoxy) is 3. The molecular weight excluding hydrogens is 412 g/mol. The highest BCUT2D eigenvalue weighted by molar-refractivity contribution is 5.59. The lowest BCUT2D eigenvalue weighted by Gasteiger charge is -2.11. The van der Waals surface area contributed by atoms with Gasteiger partial charge >= 0.3 is 0 Å². The maximum absolute atomic E-state index is 8.88. The number of unbranched alkanes of at least 4 members (excludes halogenated alkanes) is 3. The fraction of sp³-hybridized carbons (Fsp3) is 0.591. The van der Waals surface area contributed by atoms with Crippen molar-refractivity contribution in [2.24, 2.45) is 5.73 Å². The van der Waals surface area contributed by atoms with Gasteiger partial charge in [0.1, 0.15) is 5.75 Å². The molecular formula is C22H36N6O4. The van der Waals surface area contributed by atoms with Crippen LogP contribution in [0.1, 0.15) is 25.7 Å². The van der Waals surface area contributed by atoms with E-state index in [1.807, 2.05) is 24.3 Å². The van der Waals surface area contributed by atoms with Crippen LogP contribution >= 0.6 is 0 Å². The highest BCUT2D eigenvalue weighted by atomic mass is 16.5. The number of nitrogens with two attached hydrogens (primary N) is 1. The summed E-state index contributed by atoms with van der Waals surface area (Å²) in [4.78, 5) is 13.6. The Morgan fingerprint density at radius 3 is 2.12 bits per heavy atom. The third-order valence-corrected chi connectivity index (χ3v) is 4.52. The van der Waals surface area contributed by atoms with E-state index in [4.69, 9.17) is 25.1 Å².